The Hall–Kier alpha value is 0.320. The summed E-state index contributed by atoms with van der Waals surface area (Å²) >= 11 is 11.5. The normalized spacial score (nSPS) is 17.6. The second kappa shape index (κ2) is 6.80. The van der Waals surface area contributed by atoms with Crippen LogP contribution in [0.4, 0.5) is 0 Å². The Bertz CT molecular complexity index is 139. The van der Waals surface area contributed by atoms with Crippen molar-refractivity contribution >= 4 is 23.2 Å². The fraction of sp³-hybridized carbons (Fsp3) is 0.800. The molecule has 0 aliphatic heterocycles. The summed E-state index contributed by atoms with van der Waals surface area (Å²) in [6, 6.07) is 0. The maximum absolute atomic E-state index is 5.89. The number of alkyl halides is 2. The number of rotatable bonds is 5. The molecule has 0 nitrogen and oxygen atoms in total. The van der Waals surface area contributed by atoms with Crippen LogP contribution in [0.15, 0.2) is 11.6 Å². The summed E-state index contributed by atoms with van der Waals surface area (Å²) in [5.74, 6) is 1.28. The summed E-state index contributed by atoms with van der Waals surface area (Å²) in [4.78, 5) is 0. The molecule has 0 aliphatic carbocycles. The van der Waals surface area contributed by atoms with Crippen molar-refractivity contribution in [2.75, 3.05) is 5.88 Å². The molecule has 0 saturated heterocycles. The Morgan fingerprint density at radius 2 is 2.00 bits per heavy atom. The van der Waals surface area contributed by atoms with Gasteiger partial charge in [-0.2, -0.15) is 0 Å². The van der Waals surface area contributed by atoms with Gasteiger partial charge >= 0.3 is 0 Å². The second-order valence-electron chi connectivity index (χ2n) is 3.53. The van der Waals surface area contributed by atoms with Crippen molar-refractivity contribution in [1.82, 2.24) is 0 Å². The van der Waals surface area contributed by atoms with Crippen LogP contribution in [-0.4, -0.2) is 11.3 Å². The van der Waals surface area contributed by atoms with E-state index < -0.39 is 0 Å². The Kier molecular flexibility index (Phi) is 6.98. The molecule has 0 heterocycles. The summed E-state index contributed by atoms with van der Waals surface area (Å²) in [7, 11) is 0. The van der Waals surface area contributed by atoms with Crippen molar-refractivity contribution in [3.8, 4) is 0 Å². The van der Waals surface area contributed by atoms with E-state index in [1.165, 1.54) is 5.57 Å². The average Bonchev–Trinajstić information content (AvgIpc) is 1.84. The van der Waals surface area contributed by atoms with E-state index in [-0.39, 0.29) is 5.38 Å². The number of halogens is 2. The highest BCUT2D eigenvalue weighted by Crippen LogP contribution is 2.18. The van der Waals surface area contributed by atoms with Gasteiger partial charge in [-0.15, -0.1) is 23.2 Å². The van der Waals surface area contributed by atoms with Gasteiger partial charge in [0.15, 0.2) is 0 Å². The maximum Gasteiger partial charge on any atom is 0.0406 e. The monoisotopic (exact) mass is 208 g/mol. The fourth-order valence-corrected chi connectivity index (χ4v) is 1.97. The third-order valence-corrected chi connectivity index (χ3v) is 2.16. The molecule has 12 heavy (non-hydrogen) atoms. The zero-order chi connectivity index (χ0) is 9.56. The third kappa shape index (κ3) is 7.00. The first-order valence-corrected chi connectivity index (χ1v) is 5.39. The van der Waals surface area contributed by atoms with Crippen LogP contribution in [-0.2, 0) is 0 Å². The van der Waals surface area contributed by atoms with Gasteiger partial charge in [0.1, 0.15) is 0 Å². The Morgan fingerprint density at radius 3 is 2.42 bits per heavy atom. The highest BCUT2D eigenvalue weighted by molar-refractivity contribution is 6.20. The van der Waals surface area contributed by atoms with E-state index in [0.717, 1.165) is 12.8 Å². The SMILES string of the molecule is C/C(=C\CCl)CC(C)CC(C)Cl. The first kappa shape index (κ1) is 12.3. The van der Waals surface area contributed by atoms with Gasteiger partial charge in [0.05, 0.1) is 0 Å². The smallest absolute Gasteiger partial charge is 0.0406 e. The van der Waals surface area contributed by atoms with Crippen LogP contribution < -0.4 is 0 Å². The zero-order valence-electron chi connectivity index (χ0n) is 8.11. The molecule has 0 bridgehead atoms. The van der Waals surface area contributed by atoms with E-state index in [1.54, 1.807) is 0 Å². The van der Waals surface area contributed by atoms with E-state index >= 15 is 0 Å². The van der Waals surface area contributed by atoms with Crippen molar-refractivity contribution in [3.63, 3.8) is 0 Å². The number of hydrogen-bond acceptors (Lipinski definition) is 0. The molecular weight excluding hydrogens is 191 g/mol. The minimum Gasteiger partial charge on any atom is -0.123 e. The average molecular weight is 209 g/mol. The third-order valence-electron chi connectivity index (χ3n) is 1.82. The molecule has 0 saturated carbocycles. The van der Waals surface area contributed by atoms with Crippen molar-refractivity contribution in [2.24, 2.45) is 5.92 Å². The highest BCUT2D eigenvalue weighted by atomic mass is 35.5. The Balaban J connectivity index is 3.68. The van der Waals surface area contributed by atoms with E-state index in [9.17, 15) is 0 Å². The molecule has 0 N–H and O–H groups in total. The quantitative estimate of drug-likeness (QED) is 0.469. The van der Waals surface area contributed by atoms with Gasteiger partial charge in [-0.1, -0.05) is 18.6 Å². The predicted octanol–water partition coefficient (Wildman–Crippen LogP) is 4.22. The lowest BCUT2D eigenvalue weighted by molar-refractivity contribution is 0.524. The molecule has 0 fully saturated rings. The summed E-state index contributed by atoms with van der Waals surface area (Å²) in [5, 5.41) is 0.281. The van der Waals surface area contributed by atoms with Crippen LogP contribution >= 0.6 is 23.2 Å². The van der Waals surface area contributed by atoms with Gasteiger partial charge in [-0.05, 0) is 32.6 Å². The van der Waals surface area contributed by atoms with Crippen LogP contribution in [0, 0.1) is 5.92 Å². The zero-order valence-corrected chi connectivity index (χ0v) is 9.62. The first-order valence-electron chi connectivity index (χ1n) is 4.42. The van der Waals surface area contributed by atoms with Crippen LogP contribution in [0.25, 0.3) is 0 Å². The first-order chi connectivity index (χ1) is 5.56. The minimum absolute atomic E-state index is 0.281. The van der Waals surface area contributed by atoms with Crippen molar-refractivity contribution in [2.45, 2.75) is 39.0 Å². The number of hydrogen-bond donors (Lipinski definition) is 0. The molecule has 0 aromatic heterocycles. The maximum atomic E-state index is 5.89. The minimum atomic E-state index is 0.281. The van der Waals surface area contributed by atoms with Gasteiger partial charge in [-0.25, -0.2) is 0 Å². The van der Waals surface area contributed by atoms with Crippen LogP contribution in [0.2, 0.25) is 0 Å². The van der Waals surface area contributed by atoms with Crippen LogP contribution in [0.1, 0.15) is 33.6 Å². The van der Waals surface area contributed by atoms with Crippen molar-refractivity contribution in [1.29, 1.82) is 0 Å². The Labute approximate surface area is 85.9 Å². The van der Waals surface area contributed by atoms with Crippen molar-refractivity contribution in [3.05, 3.63) is 11.6 Å². The lowest BCUT2D eigenvalue weighted by Gasteiger charge is -2.12. The molecule has 2 unspecified atom stereocenters. The standard InChI is InChI=1S/C10H18Cl2/c1-8(4-5-11)6-9(2)7-10(3)12/h4,9-10H,5-7H2,1-3H3/b8-4+. The molecule has 0 rings (SSSR count). The number of allylic oxidation sites excluding steroid dienone is 2. The van der Waals surface area contributed by atoms with Crippen LogP contribution in [0.5, 0.6) is 0 Å². The summed E-state index contributed by atoms with van der Waals surface area (Å²) in [5.41, 5.74) is 1.37. The largest absolute Gasteiger partial charge is 0.123 e. The lowest BCUT2D eigenvalue weighted by atomic mass is 9.97. The predicted molar refractivity (Wildman–Crippen MR) is 58.2 cm³/mol. The fourth-order valence-electron chi connectivity index (χ4n) is 1.40. The van der Waals surface area contributed by atoms with Gasteiger partial charge < -0.3 is 0 Å². The van der Waals surface area contributed by atoms with Crippen LogP contribution in [0.3, 0.4) is 0 Å². The van der Waals surface area contributed by atoms with Gasteiger partial charge in [0, 0.05) is 11.3 Å². The van der Waals surface area contributed by atoms with Crippen molar-refractivity contribution < 1.29 is 0 Å². The molecule has 2 heteroatoms. The molecule has 0 spiro atoms. The van der Waals surface area contributed by atoms with Gasteiger partial charge in [0.2, 0.25) is 0 Å². The molecule has 2 atom stereocenters. The topological polar surface area (TPSA) is 0 Å². The summed E-state index contributed by atoms with van der Waals surface area (Å²) in [6.45, 7) is 6.39. The Morgan fingerprint density at radius 1 is 1.42 bits per heavy atom. The van der Waals surface area contributed by atoms with E-state index in [4.69, 9.17) is 23.2 Å². The summed E-state index contributed by atoms with van der Waals surface area (Å²) < 4.78 is 0. The van der Waals surface area contributed by atoms with E-state index in [2.05, 4.69) is 19.9 Å². The van der Waals surface area contributed by atoms with E-state index in [0.29, 0.717) is 11.8 Å². The molecule has 0 aromatic carbocycles. The molecule has 72 valence electrons. The van der Waals surface area contributed by atoms with E-state index in [1.807, 2.05) is 6.92 Å². The van der Waals surface area contributed by atoms with Gasteiger partial charge in [-0.3, -0.25) is 0 Å². The molecule has 0 radical (unpaired) electrons. The molecule has 0 aliphatic rings. The molecule has 0 aromatic rings. The van der Waals surface area contributed by atoms with Gasteiger partial charge in [0.25, 0.3) is 0 Å². The molecular formula is C10H18Cl2. The second-order valence-corrected chi connectivity index (χ2v) is 4.58. The summed E-state index contributed by atoms with van der Waals surface area (Å²) in [6.07, 6.45) is 4.26. The molecule has 0 amide bonds. The lowest BCUT2D eigenvalue weighted by Crippen LogP contribution is -2.02. The highest BCUT2D eigenvalue weighted by Gasteiger charge is 2.06.